The van der Waals surface area contributed by atoms with Gasteiger partial charge in [-0.15, -0.1) is 0 Å². The number of nitrogens with zero attached hydrogens (tertiary/aromatic N) is 2. The molecular formula is C14H18N2O. The Morgan fingerprint density at radius 2 is 2.00 bits per heavy atom. The molecule has 90 valence electrons. The molecule has 0 N–H and O–H groups in total. The minimum Gasteiger partial charge on any atom is -0.340 e. The maximum absolute atomic E-state index is 12.0. The van der Waals surface area contributed by atoms with Crippen molar-refractivity contribution in [3.8, 4) is 6.07 Å². The zero-order valence-electron chi connectivity index (χ0n) is 10.8. The Labute approximate surface area is 103 Å². The first-order chi connectivity index (χ1) is 7.88. The summed E-state index contributed by atoms with van der Waals surface area (Å²) in [6.07, 6.45) is 0. The molecule has 0 heterocycles. The highest BCUT2D eigenvalue weighted by Gasteiger charge is 2.30. The van der Waals surface area contributed by atoms with Crippen LogP contribution in [0.25, 0.3) is 0 Å². The Hall–Kier alpha value is -1.82. The summed E-state index contributed by atoms with van der Waals surface area (Å²) in [5, 5.41) is 8.94. The monoisotopic (exact) mass is 230 g/mol. The molecule has 0 aliphatic heterocycles. The number of benzene rings is 1. The van der Waals surface area contributed by atoms with Gasteiger partial charge in [0.05, 0.1) is 6.07 Å². The van der Waals surface area contributed by atoms with Gasteiger partial charge in [0.1, 0.15) is 5.41 Å². The zero-order valence-corrected chi connectivity index (χ0v) is 10.8. The highest BCUT2D eigenvalue weighted by atomic mass is 16.2. The largest absolute Gasteiger partial charge is 0.340 e. The number of hydrogen-bond acceptors (Lipinski definition) is 2. The van der Waals surface area contributed by atoms with E-state index in [1.54, 1.807) is 25.8 Å². The third kappa shape index (κ3) is 3.07. The third-order valence-electron chi connectivity index (χ3n) is 2.83. The molecule has 0 aromatic heterocycles. The lowest BCUT2D eigenvalue weighted by Gasteiger charge is -2.24. The fraction of sp³-hybridized carbons (Fsp3) is 0.429. The van der Waals surface area contributed by atoms with Gasteiger partial charge in [0.25, 0.3) is 0 Å². The van der Waals surface area contributed by atoms with Crippen molar-refractivity contribution in [2.75, 3.05) is 7.05 Å². The molecule has 0 radical (unpaired) electrons. The van der Waals surface area contributed by atoms with Crippen LogP contribution in [0.5, 0.6) is 0 Å². The summed E-state index contributed by atoms with van der Waals surface area (Å²) in [6.45, 7) is 5.84. The molecule has 0 saturated carbocycles. The molecule has 1 aromatic rings. The molecule has 1 rings (SSSR count). The number of amides is 1. The van der Waals surface area contributed by atoms with Crippen LogP contribution in [0.15, 0.2) is 24.3 Å². The van der Waals surface area contributed by atoms with Gasteiger partial charge in [0.2, 0.25) is 5.91 Å². The van der Waals surface area contributed by atoms with E-state index in [1.165, 1.54) is 0 Å². The number of aryl methyl sites for hydroxylation is 1. The lowest BCUT2D eigenvalue weighted by molar-refractivity contribution is -0.136. The van der Waals surface area contributed by atoms with E-state index < -0.39 is 5.41 Å². The molecule has 0 bridgehead atoms. The number of carbonyl (C=O) groups is 1. The van der Waals surface area contributed by atoms with E-state index in [0.29, 0.717) is 6.54 Å². The van der Waals surface area contributed by atoms with Crippen LogP contribution in [0.2, 0.25) is 0 Å². The van der Waals surface area contributed by atoms with Gasteiger partial charge in [-0.2, -0.15) is 5.26 Å². The van der Waals surface area contributed by atoms with E-state index in [4.69, 9.17) is 5.26 Å². The molecule has 0 spiro atoms. The second-order valence-electron chi connectivity index (χ2n) is 4.82. The maximum atomic E-state index is 12.0. The Morgan fingerprint density at radius 1 is 1.41 bits per heavy atom. The number of nitriles is 1. The quantitative estimate of drug-likeness (QED) is 0.800. The van der Waals surface area contributed by atoms with Gasteiger partial charge in [0.15, 0.2) is 0 Å². The van der Waals surface area contributed by atoms with Crippen LogP contribution in [0.4, 0.5) is 0 Å². The Bertz CT molecular complexity index is 458. The van der Waals surface area contributed by atoms with Crippen LogP contribution in [0, 0.1) is 23.7 Å². The third-order valence-corrected chi connectivity index (χ3v) is 2.83. The van der Waals surface area contributed by atoms with E-state index in [1.807, 2.05) is 37.3 Å². The summed E-state index contributed by atoms with van der Waals surface area (Å²) in [5.74, 6) is -0.150. The first kappa shape index (κ1) is 13.2. The van der Waals surface area contributed by atoms with Crippen LogP contribution in [-0.2, 0) is 11.3 Å². The zero-order chi connectivity index (χ0) is 13.1. The minimum atomic E-state index is -0.961. The average molecular weight is 230 g/mol. The van der Waals surface area contributed by atoms with Crippen LogP contribution in [-0.4, -0.2) is 17.9 Å². The molecule has 1 amide bonds. The topological polar surface area (TPSA) is 44.1 Å². The second-order valence-corrected chi connectivity index (χ2v) is 4.82. The Kier molecular flexibility index (Phi) is 3.90. The summed E-state index contributed by atoms with van der Waals surface area (Å²) < 4.78 is 0. The van der Waals surface area contributed by atoms with Crippen LogP contribution < -0.4 is 0 Å². The molecule has 0 fully saturated rings. The number of hydrogen-bond donors (Lipinski definition) is 0. The first-order valence-corrected chi connectivity index (χ1v) is 5.60. The summed E-state index contributed by atoms with van der Waals surface area (Å²) in [5.41, 5.74) is 1.30. The number of rotatable bonds is 3. The molecular weight excluding hydrogens is 212 g/mol. The SMILES string of the molecule is Cc1ccccc1CN(C)C(=O)C(C)(C)C#N. The van der Waals surface area contributed by atoms with E-state index in [9.17, 15) is 4.79 Å². The van der Waals surface area contributed by atoms with Crippen molar-refractivity contribution in [2.45, 2.75) is 27.3 Å². The first-order valence-electron chi connectivity index (χ1n) is 5.60. The molecule has 3 heteroatoms. The predicted molar refractivity (Wildman–Crippen MR) is 67.0 cm³/mol. The van der Waals surface area contributed by atoms with Gasteiger partial charge in [-0.3, -0.25) is 4.79 Å². The van der Waals surface area contributed by atoms with E-state index >= 15 is 0 Å². The average Bonchev–Trinajstić information content (AvgIpc) is 2.31. The molecule has 3 nitrogen and oxygen atoms in total. The molecule has 17 heavy (non-hydrogen) atoms. The van der Waals surface area contributed by atoms with Crippen LogP contribution in [0.3, 0.4) is 0 Å². The fourth-order valence-corrected chi connectivity index (χ4v) is 1.64. The lowest BCUT2D eigenvalue weighted by atomic mass is 9.93. The molecule has 0 atom stereocenters. The summed E-state index contributed by atoms with van der Waals surface area (Å²) in [6, 6.07) is 9.97. The predicted octanol–water partition coefficient (Wildman–Crippen LogP) is 2.50. The summed E-state index contributed by atoms with van der Waals surface area (Å²) in [7, 11) is 1.73. The highest BCUT2D eigenvalue weighted by Crippen LogP contribution is 2.18. The standard InChI is InChI=1S/C14H18N2O/c1-11-7-5-6-8-12(11)9-16(4)13(17)14(2,3)10-15/h5-8H,9H2,1-4H3. The smallest absolute Gasteiger partial charge is 0.242 e. The van der Waals surface area contributed by atoms with Crippen molar-refractivity contribution in [2.24, 2.45) is 5.41 Å². The van der Waals surface area contributed by atoms with Gasteiger partial charge in [-0.1, -0.05) is 24.3 Å². The molecule has 0 aliphatic rings. The van der Waals surface area contributed by atoms with E-state index in [-0.39, 0.29) is 5.91 Å². The van der Waals surface area contributed by atoms with E-state index in [0.717, 1.165) is 11.1 Å². The van der Waals surface area contributed by atoms with Crippen molar-refractivity contribution >= 4 is 5.91 Å². The van der Waals surface area contributed by atoms with Gasteiger partial charge in [-0.05, 0) is 31.9 Å². The van der Waals surface area contributed by atoms with E-state index in [2.05, 4.69) is 0 Å². The van der Waals surface area contributed by atoms with Crippen LogP contribution in [0.1, 0.15) is 25.0 Å². The van der Waals surface area contributed by atoms with Gasteiger partial charge in [-0.25, -0.2) is 0 Å². The number of carbonyl (C=O) groups excluding carboxylic acids is 1. The molecule has 0 unspecified atom stereocenters. The maximum Gasteiger partial charge on any atom is 0.242 e. The second kappa shape index (κ2) is 5.01. The Balaban J connectivity index is 2.81. The minimum absolute atomic E-state index is 0.150. The summed E-state index contributed by atoms with van der Waals surface area (Å²) in [4.78, 5) is 13.6. The van der Waals surface area contributed by atoms with Crippen molar-refractivity contribution in [1.29, 1.82) is 5.26 Å². The van der Waals surface area contributed by atoms with Gasteiger partial charge < -0.3 is 4.90 Å². The molecule has 0 aliphatic carbocycles. The van der Waals surface area contributed by atoms with Crippen LogP contribution >= 0.6 is 0 Å². The van der Waals surface area contributed by atoms with Crippen molar-refractivity contribution in [3.63, 3.8) is 0 Å². The van der Waals surface area contributed by atoms with Crippen molar-refractivity contribution in [3.05, 3.63) is 35.4 Å². The van der Waals surface area contributed by atoms with Crippen molar-refractivity contribution in [1.82, 2.24) is 4.90 Å². The molecule has 1 aromatic carbocycles. The van der Waals surface area contributed by atoms with Crippen molar-refractivity contribution < 1.29 is 4.79 Å². The Morgan fingerprint density at radius 3 is 2.53 bits per heavy atom. The normalized spacial score (nSPS) is 10.8. The summed E-state index contributed by atoms with van der Waals surface area (Å²) >= 11 is 0. The molecule has 0 saturated heterocycles. The van der Waals surface area contributed by atoms with Gasteiger partial charge >= 0.3 is 0 Å². The highest BCUT2D eigenvalue weighted by molar-refractivity contribution is 5.84. The lowest BCUT2D eigenvalue weighted by Crippen LogP contribution is -2.37. The fourth-order valence-electron chi connectivity index (χ4n) is 1.64. The van der Waals surface area contributed by atoms with Gasteiger partial charge in [0, 0.05) is 13.6 Å².